The molecule has 1 heterocycles. The van der Waals surface area contributed by atoms with Crippen molar-refractivity contribution in [2.24, 2.45) is 5.92 Å². The van der Waals surface area contributed by atoms with E-state index in [1.807, 2.05) is 0 Å². The minimum atomic E-state index is 0.748. The fraction of sp³-hybridized carbons (Fsp3) is 1.00. The van der Waals surface area contributed by atoms with Gasteiger partial charge in [-0.15, -0.1) is 0 Å². The van der Waals surface area contributed by atoms with E-state index in [1.54, 1.807) is 0 Å². The lowest BCUT2D eigenvalue weighted by Crippen LogP contribution is -2.36. The van der Waals surface area contributed by atoms with Crippen molar-refractivity contribution in [2.45, 2.75) is 83.7 Å². The Kier molecular flexibility index (Phi) is 6.66. The summed E-state index contributed by atoms with van der Waals surface area (Å²) in [5.74, 6) is 1.04. The topological polar surface area (TPSA) is 15.3 Å². The highest BCUT2D eigenvalue weighted by Crippen LogP contribution is 2.35. The van der Waals surface area contributed by atoms with Crippen LogP contribution in [0, 0.1) is 5.92 Å². The largest absolute Gasteiger partial charge is 0.314 e. The molecule has 19 heavy (non-hydrogen) atoms. The van der Waals surface area contributed by atoms with Gasteiger partial charge >= 0.3 is 0 Å². The summed E-state index contributed by atoms with van der Waals surface area (Å²) in [4.78, 5) is 2.83. The van der Waals surface area contributed by atoms with Gasteiger partial charge < -0.3 is 10.2 Å². The second-order valence-electron chi connectivity index (χ2n) is 6.60. The molecule has 1 saturated heterocycles. The normalized spacial score (nSPS) is 27.2. The molecule has 1 N–H and O–H groups in total. The van der Waals surface area contributed by atoms with Gasteiger partial charge in [-0.2, -0.15) is 0 Å². The summed E-state index contributed by atoms with van der Waals surface area (Å²) < 4.78 is 0. The third-order valence-electron chi connectivity index (χ3n) is 5.34. The maximum Gasteiger partial charge on any atom is 0.0124 e. The Labute approximate surface area is 120 Å². The number of hydrogen-bond donors (Lipinski definition) is 1. The van der Waals surface area contributed by atoms with Crippen LogP contribution in [0.4, 0.5) is 0 Å². The fourth-order valence-corrected chi connectivity index (χ4v) is 4.29. The zero-order valence-electron chi connectivity index (χ0n) is 13.2. The molecule has 0 spiro atoms. The van der Waals surface area contributed by atoms with Gasteiger partial charge in [-0.05, 0) is 70.5 Å². The summed E-state index contributed by atoms with van der Waals surface area (Å²) in [5, 5.41) is 3.61. The molecule has 1 saturated carbocycles. The van der Waals surface area contributed by atoms with Crippen LogP contribution in [0.1, 0.15) is 71.6 Å². The van der Waals surface area contributed by atoms with Crippen molar-refractivity contribution in [3.05, 3.63) is 0 Å². The highest BCUT2D eigenvalue weighted by atomic mass is 15.2. The number of rotatable bonds is 8. The molecule has 2 nitrogen and oxygen atoms in total. The third kappa shape index (κ3) is 4.46. The van der Waals surface area contributed by atoms with Gasteiger partial charge in [0.25, 0.3) is 0 Å². The lowest BCUT2D eigenvalue weighted by Gasteiger charge is -2.29. The predicted molar refractivity (Wildman–Crippen MR) is 83.5 cm³/mol. The Balaban J connectivity index is 1.69. The molecule has 112 valence electrons. The van der Waals surface area contributed by atoms with E-state index in [0.717, 1.165) is 24.5 Å². The minimum Gasteiger partial charge on any atom is -0.314 e. The summed E-state index contributed by atoms with van der Waals surface area (Å²) in [6.07, 6.45) is 13.0. The van der Waals surface area contributed by atoms with Gasteiger partial charge in [0.2, 0.25) is 0 Å². The Morgan fingerprint density at radius 3 is 2.58 bits per heavy atom. The standard InChI is InChI=1S/C17H34N2/c1-3-16(18-4-2)11-7-13-19-14-8-12-17(19)15-9-5-6-10-15/h15-18H,3-14H2,1-2H3. The van der Waals surface area contributed by atoms with Crippen LogP contribution in [0.3, 0.4) is 0 Å². The van der Waals surface area contributed by atoms with Crippen molar-refractivity contribution >= 4 is 0 Å². The van der Waals surface area contributed by atoms with E-state index < -0.39 is 0 Å². The Morgan fingerprint density at radius 2 is 1.89 bits per heavy atom. The summed E-state index contributed by atoms with van der Waals surface area (Å²) in [6.45, 7) is 8.37. The lowest BCUT2D eigenvalue weighted by molar-refractivity contribution is 0.185. The zero-order chi connectivity index (χ0) is 13.5. The first kappa shape index (κ1) is 15.3. The molecule has 0 aromatic carbocycles. The van der Waals surface area contributed by atoms with Gasteiger partial charge in [0.1, 0.15) is 0 Å². The van der Waals surface area contributed by atoms with Crippen molar-refractivity contribution in [3.63, 3.8) is 0 Å². The Bertz CT molecular complexity index is 235. The second-order valence-corrected chi connectivity index (χ2v) is 6.60. The molecular formula is C17H34N2. The van der Waals surface area contributed by atoms with Crippen molar-refractivity contribution in [1.82, 2.24) is 10.2 Å². The summed E-state index contributed by atoms with van der Waals surface area (Å²) in [6, 6.07) is 1.69. The van der Waals surface area contributed by atoms with Crippen molar-refractivity contribution in [1.29, 1.82) is 0 Å². The quantitative estimate of drug-likeness (QED) is 0.718. The molecule has 0 radical (unpaired) electrons. The monoisotopic (exact) mass is 266 g/mol. The van der Waals surface area contributed by atoms with Crippen LogP contribution in [0.15, 0.2) is 0 Å². The van der Waals surface area contributed by atoms with Crippen molar-refractivity contribution < 1.29 is 0 Å². The van der Waals surface area contributed by atoms with Crippen LogP contribution in [-0.4, -0.2) is 36.6 Å². The van der Waals surface area contributed by atoms with Crippen molar-refractivity contribution in [2.75, 3.05) is 19.6 Å². The fourth-order valence-electron chi connectivity index (χ4n) is 4.29. The number of nitrogens with zero attached hydrogens (tertiary/aromatic N) is 1. The highest BCUT2D eigenvalue weighted by molar-refractivity contribution is 4.87. The molecule has 0 aromatic heterocycles. The molecule has 0 bridgehead atoms. The maximum absolute atomic E-state index is 3.61. The van der Waals surface area contributed by atoms with Gasteiger partial charge in [-0.3, -0.25) is 0 Å². The van der Waals surface area contributed by atoms with E-state index in [2.05, 4.69) is 24.1 Å². The van der Waals surface area contributed by atoms with E-state index in [-0.39, 0.29) is 0 Å². The summed E-state index contributed by atoms with van der Waals surface area (Å²) in [5.41, 5.74) is 0. The Hall–Kier alpha value is -0.0800. The first-order valence-electron chi connectivity index (χ1n) is 8.82. The van der Waals surface area contributed by atoms with Crippen molar-refractivity contribution in [3.8, 4) is 0 Å². The van der Waals surface area contributed by atoms with Crippen LogP contribution in [-0.2, 0) is 0 Å². The first-order chi connectivity index (χ1) is 9.35. The van der Waals surface area contributed by atoms with Gasteiger partial charge in [-0.1, -0.05) is 26.7 Å². The zero-order valence-corrected chi connectivity index (χ0v) is 13.2. The maximum atomic E-state index is 3.61. The third-order valence-corrected chi connectivity index (χ3v) is 5.34. The average molecular weight is 266 g/mol. The SMILES string of the molecule is CCNC(CC)CCCN1CCCC1C1CCCC1. The van der Waals surface area contributed by atoms with Crippen LogP contribution >= 0.6 is 0 Å². The molecule has 2 rings (SSSR count). The predicted octanol–water partition coefficient (Wildman–Crippen LogP) is 3.81. The molecule has 2 unspecified atom stereocenters. The number of hydrogen-bond acceptors (Lipinski definition) is 2. The van der Waals surface area contributed by atoms with Gasteiger partial charge in [0.15, 0.2) is 0 Å². The molecular weight excluding hydrogens is 232 g/mol. The van der Waals surface area contributed by atoms with Crippen LogP contribution in [0.25, 0.3) is 0 Å². The smallest absolute Gasteiger partial charge is 0.0124 e. The van der Waals surface area contributed by atoms with Gasteiger partial charge in [-0.25, -0.2) is 0 Å². The molecule has 0 aromatic rings. The van der Waals surface area contributed by atoms with Crippen LogP contribution < -0.4 is 5.32 Å². The molecule has 1 aliphatic heterocycles. The molecule has 0 amide bonds. The lowest BCUT2D eigenvalue weighted by atomic mass is 9.96. The number of likely N-dealkylation sites (tertiary alicyclic amines) is 1. The van der Waals surface area contributed by atoms with Gasteiger partial charge in [0, 0.05) is 12.1 Å². The molecule has 2 aliphatic rings. The average Bonchev–Trinajstić information content (AvgIpc) is 3.08. The van der Waals surface area contributed by atoms with E-state index in [0.29, 0.717) is 0 Å². The minimum absolute atomic E-state index is 0.748. The van der Waals surface area contributed by atoms with Crippen LogP contribution in [0.2, 0.25) is 0 Å². The summed E-state index contributed by atoms with van der Waals surface area (Å²) in [7, 11) is 0. The van der Waals surface area contributed by atoms with Crippen LogP contribution in [0.5, 0.6) is 0 Å². The second kappa shape index (κ2) is 8.26. The molecule has 2 heteroatoms. The van der Waals surface area contributed by atoms with Gasteiger partial charge in [0.05, 0.1) is 0 Å². The molecule has 2 atom stereocenters. The molecule has 2 fully saturated rings. The van der Waals surface area contributed by atoms with E-state index in [9.17, 15) is 0 Å². The van der Waals surface area contributed by atoms with E-state index >= 15 is 0 Å². The first-order valence-corrected chi connectivity index (χ1v) is 8.82. The Morgan fingerprint density at radius 1 is 1.11 bits per heavy atom. The van der Waals surface area contributed by atoms with E-state index in [4.69, 9.17) is 0 Å². The molecule has 1 aliphatic carbocycles. The number of nitrogens with one attached hydrogen (secondary N) is 1. The highest BCUT2D eigenvalue weighted by Gasteiger charge is 2.32. The van der Waals surface area contributed by atoms with E-state index in [1.165, 1.54) is 70.9 Å². The summed E-state index contributed by atoms with van der Waals surface area (Å²) >= 11 is 0.